The zero-order valence-corrected chi connectivity index (χ0v) is 15.6. The number of fused-ring (bicyclic) bond motifs is 1. The fraction of sp³-hybridized carbons (Fsp3) is 0.0909. The van der Waals surface area contributed by atoms with E-state index in [1.807, 2.05) is 84.3 Å². The number of nitrogens with zero attached hydrogens (tertiary/aromatic N) is 2. The monoisotopic (exact) mass is 375 g/mol. The number of imidazole rings is 1. The van der Waals surface area contributed by atoms with Crippen LogP contribution in [0.4, 0.5) is 5.69 Å². The van der Waals surface area contributed by atoms with E-state index in [2.05, 4.69) is 5.32 Å². The fourth-order valence-electron chi connectivity index (χ4n) is 3.12. The topological polar surface area (TPSA) is 46.9 Å². The number of nitrogens with one attached hydrogen (secondary N) is 1. The molecule has 3 aromatic carbocycles. The quantitative estimate of drug-likeness (QED) is 0.525. The van der Waals surface area contributed by atoms with E-state index in [1.165, 1.54) is 0 Å². The number of halogens is 1. The van der Waals surface area contributed by atoms with Gasteiger partial charge in [0.25, 0.3) is 0 Å². The van der Waals surface area contributed by atoms with Crippen molar-refractivity contribution in [3.05, 3.63) is 83.4 Å². The van der Waals surface area contributed by atoms with Crippen LogP contribution < -0.4 is 5.32 Å². The molecule has 1 N–H and O–H groups in total. The largest absolute Gasteiger partial charge is 0.325 e. The molecule has 0 spiro atoms. The van der Waals surface area contributed by atoms with E-state index in [0.29, 0.717) is 5.02 Å². The average Bonchev–Trinajstić information content (AvgIpc) is 3.01. The van der Waals surface area contributed by atoms with Crippen molar-refractivity contribution >= 4 is 34.2 Å². The van der Waals surface area contributed by atoms with Gasteiger partial charge in [-0.3, -0.25) is 4.79 Å². The Hall–Kier alpha value is -3.11. The molecular weight excluding hydrogens is 358 g/mol. The molecule has 0 aliphatic rings. The summed E-state index contributed by atoms with van der Waals surface area (Å²) in [7, 11) is 0. The van der Waals surface area contributed by atoms with Crippen LogP contribution in [0.15, 0.2) is 72.8 Å². The Morgan fingerprint density at radius 2 is 1.81 bits per heavy atom. The summed E-state index contributed by atoms with van der Waals surface area (Å²) in [5.74, 6) is 0.645. The predicted molar refractivity (Wildman–Crippen MR) is 110 cm³/mol. The molecule has 4 rings (SSSR count). The van der Waals surface area contributed by atoms with Crippen molar-refractivity contribution in [2.75, 3.05) is 5.32 Å². The lowest BCUT2D eigenvalue weighted by Crippen LogP contribution is -2.19. The number of benzene rings is 3. The van der Waals surface area contributed by atoms with Gasteiger partial charge in [-0.25, -0.2) is 4.98 Å². The first-order chi connectivity index (χ1) is 13.1. The maximum Gasteiger partial charge on any atom is 0.244 e. The summed E-state index contributed by atoms with van der Waals surface area (Å²) in [6, 6.07) is 23.1. The van der Waals surface area contributed by atoms with Gasteiger partial charge >= 0.3 is 0 Å². The van der Waals surface area contributed by atoms with E-state index in [4.69, 9.17) is 16.6 Å². The van der Waals surface area contributed by atoms with Crippen LogP contribution in [0.3, 0.4) is 0 Å². The van der Waals surface area contributed by atoms with Gasteiger partial charge < -0.3 is 9.88 Å². The lowest BCUT2D eigenvalue weighted by molar-refractivity contribution is -0.116. The molecule has 0 saturated heterocycles. The summed E-state index contributed by atoms with van der Waals surface area (Å²) in [6.45, 7) is 2.17. The molecule has 0 fully saturated rings. The second-order valence-electron chi connectivity index (χ2n) is 6.43. The van der Waals surface area contributed by atoms with Crippen molar-refractivity contribution in [2.24, 2.45) is 0 Å². The summed E-state index contributed by atoms with van der Waals surface area (Å²) in [4.78, 5) is 17.4. The Labute approximate surface area is 162 Å². The standard InChI is InChI=1S/C22H18ClN3O/c1-15-5-4-6-18(13-15)24-21(27)14-26-20-8-3-2-7-19(20)25-22(26)16-9-11-17(23)12-10-16/h2-13H,14H2,1H3,(H,24,27). The first-order valence-electron chi connectivity index (χ1n) is 8.68. The van der Waals surface area contributed by atoms with Gasteiger partial charge in [0.2, 0.25) is 5.91 Å². The molecule has 1 amide bonds. The van der Waals surface area contributed by atoms with Crippen molar-refractivity contribution < 1.29 is 4.79 Å². The Morgan fingerprint density at radius 3 is 2.59 bits per heavy atom. The normalized spacial score (nSPS) is 10.9. The number of aryl methyl sites for hydroxylation is 1. The number of hydrogen-bond donors (Lipinski definition) is 1. The minimum atomic E-state index is -0.0982. The molecule has 27 heavy (non-hydrogen) atoms. The third-order valence-corrected chi connectivity index (χ3v) is 4.61. The Morgan fingerprint density at radius 1 is 1.04 bits per heavy atom. The highest BCUT2D eigenvalue weighted by molar-refractivity contribution is 6.30. The van der Waals surface area contributed by atoms with Crippen molar-refractivity contribution in [1.29, 1.82) is 0 Å². The zero-order valence-electron chi connectivity index (χ0n) is 14.8. The van der Waals surface area contributed by atoms with Gasteiger partial charge in [0.1, 0.15) is 12.4 Å². The molecule has 1 aromatic heterocycles. The van der Waals surface area contributed by atoms with E-state index in [9.17, 15) is 4.79 Å². The second-order valence-corrected chi connectivity index (χ2v) is 6.87. The third kappa shape index (κ3) is 3.71. The Bertz CT molecular complexity index is 1120. The third-order valence-electron chi connectivity index (χ3n) is 4.36. The number of para-hydroxylation sites is 2. The molecule has 0 aliphatic heterocycles. The fourth-order valence-corrected chi connectivity index (χ4v) is 3.25. The molecule has 1 heterocycles. The van der Waals surface area contributed by atoms with Gasteiger partial charge in [-0.15, -0.1) is 0 Å². The number of hydrogen-bond acceptors (Lipinski definition) is 2. The minimum Gasteiger partial charge on any atom is -0.325 e. The number of carbonyl (C=O) groups is 1. The molecular formula is C22H18ClN3O. The second kappa shape index (κ2) is 7.25. The molecule has 0 atom stereocenters. The summed E-state index contributed by atoms with van der Waals surface area (Å²) >= 11 is 6.01. The highest BCUT2D eigenvalue weighted by Crippen LogP contribution is 2.26. The predicted octanol–water partition coefficient (Wildman–Crippen LogP) is 5.30. The maximum atomic E-state index is 12.7. The summed E-state index contributed by atoms with van der Waals surface area (Å²) in [6.07, 6.45) is 0. The summed E-state index contributed by atoms with van der Waals surface area (Å²) in [5, 5.41) is 3.63. The van der Waals surface area contributed by atoms with E-state index >= 15 is 0 Å². The lowest BCUT2D eigenvalue weighted by Gasteiger charge is -2.11. The summed E-state index contributed by atoms with van der Waals surface area (Å²) in [5.41, 5.74) is 4.58. The SMILES string of the molecule is Cc1cccc(NC(=O)Cn2c(-c3ccc(Cl)cc3)nc3ccccc32)c1. The number of rotatable bonds is 4. The zero-order chi connectivity index (χ0) is 18.8. The van der Waals surface area contributed by atoms with E-state index in [1.54, 1.807) is 0 Å². The average molecular weight is 376 g/mol. The number of anilines is 1. The van der Waals surface area contributed by atoms with Crippen LogP contribution in [0.5, 0.6) is 0 Å². The minimum absolute atomic E-state index is 0.0982. The van der Waals surface area contributed by atoms with Crippen LogP contribution in [-0.4, -0.2) is 15.5 Å². The van der Waals surface area contributed by atoms with Gasteiger partial charge in [-0.1, -0.05) is 35.9 Å². The van der Waals surface area contributed by atoms with Gasteiger partial charge in [-0.2, -0.15) is 0 Å². The van der Waals surface area contributed by atoms with Crippen LogP contribution in [0.1, 0.15) is 5.56 Å². The summed E-state index contributed by atoms with van der Waals surface area (Å²) < 4.78 is 1.93. The van der Waals surface area contributed by atoms with E-state index in [0.717, 1.165) is 33.7 Å². The molecule has 0 unspecified atom stereocenters. The smallest absolute Gasteiger partial charge is 0.244 e. The van der Waals surface area contributed by atoms with Crippen molar-refractivity contribution in [3.63, 3.8) is 0 Å². The lowest BCUT2D eigenvalue weighted by atomic mass is 10.2. The Balaban J connectivity index is 1.70. The van der Waals surface area contributed by atoms with Crippen LogP contribution in [-0.2, 0) is 11.3 Å². The molecule has 0 bridgehead atoms. The number of aromatic nitrogens is 2. The maximum absolute atomic E-state index is 12.7. The van der Waals surface area contributed by atoms with Crippen LogP contribution in [0, 0.1) is 6.92 Å². The van der Waals surface area contributed by atoms with E-state index in [-0.39, 0.29) is 12.5 Å². The molecule has 4 aromatic rings. The van der Waals surface area contributed by atoms with Gasteiger partial charge in [0, 0.05) is 16.3 Å². The van der Waals surface area contributed by atoms with Gasteiger partial charge in [0.05, 0.1) is 11.0 Å². The van der Waals surface area contributed by atoms with Crippen LogP contribution in [0.2, 0.25) is 5.02 Å². The molecule has 4 nitrogen and oxygen atoms in total. The molecule has 0 radical (unpaired) electrons. The van der Waals surface area contributed by atoms with Crippen LogP contribution >= 0.6 is 11.6 Å². The highest BCUT2D eigenvalue weighted by atomic mass is 35.5. The first kappa shape index (κ1) is 17.3. The molecule has 5 heteroatoms. The van der Waals surface area contributed by atoms with Crippen LogP contribution in [0.25, 0.3) is 22.4 Å². The molecule has 134 valence electrons. The highest BCUT2D eigenvalue weighted by Gasteiger charge is 2.15. The number of amides is 1. The molecule has 0 aliphatic carbocycles. The van der Waals surface area contributed by atoms with E-state index < -0.39 is 0 Å². The van der Waals surface area contributed by atoms with Crippen molar-refractivity contribution in [2.45, 2.75) is 13.5 Å². The molecule has 0 saturated carbocycles. The van der Waals surface area contributed by atoms with Crippen molar-refractivity contribution in [1.82, 2.24) is 9.55 Å². The first-order valence-corrected chi connectivity index (χ1v) is 9.06. The number of carbonyl (C=O) groups excluding carboxylic acids is 1. The van der Waals surface area contributed by atoms with Crippen molar-refractivity contribution in [3.8, 4) is 11.4 Å². The Kier molecular flexibility index (Phi) is 4.65. The van der Waals surface area contributed by atoms with Gasteiger partial charge in [0.15, 0.2) is 0 Å². The van der Waals surface area contributed by atoms with Gasteiger partial charge in [-0.05, 0) is 61.0 Å².